The van der Waals surface area contributed by atoms with Gasteiger partial charge >= 0.3 is 6.09 Å². The summed E-state index contributed by atoms with van der Waals surface area (Å²) in [7, 11) is 0. The van der Waals surface area contributed by atoms with Crippen molar-refractivity contribution < 1.29 is 14.3 Å². The number of hydrogen-bond donors (Lipinski definition) is 1. The summed E-state index contributed by atoms with van der Waals surface area (Å²) in [4.78, 5) is 29.1. The van der Waals surface area contributed by atoms with Crippen molar-refractivity contribution in [3.8, 4) is 5.13 Å². The highest BCUT2D eigenvalue weighted by Gasteiger charge is 2.18. The number of thiazole rings is 1. The van der Waals surface area contributed by atoms with Crippen LogP contribution in [0.5, 0.6) is 0 Å². The zero-order valence-electron chi connectivity index (χ0n) is 17.8. The molecule has 9 heteroatoms. The molecular formula is C23H23N5O3S. The van der Waals surface area contributed by atoms with Gasteiger partial charge < -0.3 is 10.1 Å². The molecule has 3 heterocycles. The van der Waals surface area contributed by atoms with Crippen molar-refractivity contribution in [2.45, 2.75) is 33.5 Å². The van der Waals surface area contributed by atoms with Gasteiger partial charge in [0.15, 0.2) is 10.9 Å². The molecule has 32 heavy (non-hydrogen) atoms. The Labute approximate surface area is 189 Å². The van der Waals surface area contributed by atoms with Crippen molar-refractivity contribution in [1.82, 2.24) is 24.6 Å². The van der Waals surface area contributed by atoms with Crippen LogP contribution >= 0.6 is 11.3 Å². The predicted octanol–water partition coefficient (Wildman–Crippen LogP) is 4.06. The Bertz CT molecular complexity index is 1210. The van der Waals surface area contributed by atoms with E-state index in [1.807, 2.05) is 60.2 Å². The Morgan fingerprint density at radius 1 is 1.16 bits per heavy atom. The second-order valence-electron chi connectivity index (χ2n) is 7.32. The van der Waals surface area contributed by atoms with Crippen LogP contribution in [0.15, 0.2) is 60.4 Å². The topological polar surface area (TPSA) is 91.0 Å². The van der Waals surface area contributed by atoms with Gasteiger partial charge in [-0.2, -0.15) is 5.10 Å². The summed E-state index contributed by atoms with van der Waals surface area (Å²) >= 11 is 1.52. The molecule has 0 saturated carbocycles. The van der Waals surface area contributed by atoms with E-state index in [2.05, 4.69) is 15.4 Å². The van der Waals surface area contributed by atoms with Crippen LogP contribution in [-0.2, 0) is 24.4 Å². The number of aromatic nitrogens is 4. The Morgan fingerprint density at radius 2 is 1.97 bits per heavy atom. The number of nitrogens with zero attached hydrogens (tertiary/aromatic N) is 4. The molecule has 0 aliphatic rings. The Kier molecular flexibility index (Phi) is 6.46. The first-order valence-corrected chi connectivity index (χ1v) is 11.0. The van der Waals surface area contributed by atoms with Crippen molar-refractivity contribution in [2.75, 3.05) is 0 Å². The Hall–Kier alpha value is -3.72. The minimum absolute atomic E-state index is 0.0363. The fourth-order valence-corrected chi connectivity index (χ4v) is 4.18. The molecule has 164 valence electrons. The van der Waals surface area contributed by atoms with Crippen molar-refractivity contribution >= 4 is 23.2 Å². The van der Waals surface area contributed by atoms with E-state index < -0.39 is 6.09 Å². The minimum Gasteiger partial charge on any atom is -0.445 e. The number of ketones is 1. The zero-order valence-corrected chi connectivity index (χ0v) is 18.6. The molecule has 0 fully saturated rings. The normalized spacial score (nSPS) is 10.8. The largest absolute Gasteiger partial charge is 0.445 e. The summed E-state index contributed by atoms with van der Waals surface area (Å²) in [5.41, 5.74) is 4.17. The lowest BCUT2D eigenvalue weighted by Crippen LogP contribution is -2.23. The van der Waals surface area contributed by atoms with Gasteiger partial charge in [-0.05, 0) is 25.5 Å². The molecule has 0 unspecified atom stereocenters. The fraction of sp³-hybridized carbons (Fsp3) is 0.217. The van der Waals surface area contributed by atoms with Gasteiger partial charge in [0.2, 0.25) is 0 Å². The Balaban J connectivity index is 1.32. The number of carbonyl (C=O) groups is 2. The summed E-state index contributed by atoms with van der Waals surface area (Å²) in [6, 6.07) is 11.4. The van der Waals surface area contributed by atoms with Gasteiger partial charge in [0, 0.05) is 46.8 Å². The van der Waals surface area contributed by atoms with E-state index in [4.69, 9.17) is 4.74 Å². The highest BCUT2D eigenvalue weighted by molar-refractivity contribution is 7.12. The highest BCUT2D eigenvalue weighted by atomic mass is 32.1. The molecule has 0 radical (unpaired) electrons. The van der Waals surface area contributed by atoms with E-state index in [0.29, 0.717) is 5.56 Å². The van der Waals surface area contributed by atoms with Gasteiger partial charge in [0.1, 0.15) is 13.2 Å². The molecule has 0 bridgehead atoms. The fourth-order valence-electron chi connectivity index (χ4n) is 3.43. The summed E-state index contributed by atoms with van der Waals surface area (Å²) in [6.45, 7) is 4.46. The van der Waals surface area contributed by atoms with Crippen LogP contribution < -0.4 is 5.32 Å². The first-order valence-electron chi connectivity index (χ1n) is 10.1. The number of alkyl carbamates (subject to hydrolysis) is 1. The van der Waals surface area contributed by atoms with Crippen LogP contribution in [0.3, 0.4) is 0 Å². The van der Waals surface area contributed by atoms with Gasteiger partial charge in [-0.1, -0.05) is 30.3 Å². The molecule has 4 aromatic rings. The summed E-state index contributed by atoms with van der Waals surface area (Å²) in [5.74, 6) is -0.0363. The summed E-state index contributed by atoms with van der Waals surface area (Å²) < 4.78 is 8.76. The third-order valence-corrected chi connectivity index (χ3v) is 5.74. The van der Waals surface area contributed by atoms with Gasteiger partial charge in [0.05, 0.1) is 6.20 Å². The minimum atomic E-state index is -0.507. The van der Waals surface area contributed by atoms with E-state index in [-0.39, 0.29) is 25.5 Å². The molecule has 0 saturated heterocycles. The van der Waals surface area contributed by atoms with Gasteiger partial charge in [-0.15, -0.1) is 11.3 Å². The van der Waals surface area contributed by atoms with E-state index in [9.17, 15) is 9.59 Å². The van der Waals surface area contributed by atoms with E-state index >= 15 is 0 Å². The molecule has 0 spiro atoms. The number of carbonyl (C=O) groups excluding carboxylic acids is 2. The van der Waals surface area contributed by atoms with Crippen LogP contribution in [0.4, 0.5) is 4.79 Å². The average Bonchev–Trinajstić information content (AvgIpc) is 3.53. The summed E-state index contributed by atoms with van der Waals surface area (Å²) in [5, 5.41) is 9.69. The average molecular weight is 450 g/mol. The predicted molar refractivity (Wildman–Crippen MR) is 121 cm³/mol. The first-order chi connectivity index (χ1) is 15.5. The van der Waals surface area contributed by atoms with E-state index in [1.165, 1.54) is 11.3 Å². The number of rotatable bonds is 8. The maximum atomic E-state index is 12.9. The smallest absolute Gasteiger partial charge is 0.407 e. The molecular weight excluding hydrogens is 426 g/mol. The highest BCUT2D eigenvalue weighted by Crippen LogP contribution is 2.23. The quantitative estimate of drug-likeness (QED) is 0.410. The number of Topliss-reactive ketones (excluding diaryl/α,β-unsaturated/α-hetero) is 1. The monoisotopic (exact) mass is 449 g/mol. The molecule has 1 amide bonds. The number of amides is 1. The standard InChI is InChI=1S/C23H23N5O3S/c1-16-10-20(17(2)28(16)22-24-8-9-32-22)21(29)14-27-13-19(12-26-27)11-25-23(30)31-15-18-6-4-3-5-7-18/h3-10,12-13H,11,14-15H2,1-2H3,(H,25,30). The molecule has 8 nitrogen and oxygen atoms in total. The maximum Gasteiger partial charge on any atom is 0.407 e. The number of benzene rings is 1. The van der Waals surface area contributed by atoms with Gasteiger partial charge in [-0.3, -0.25) is 14.0 Å². The van der Waals surface area contributed by atoms with Gasteiger partial charge in [-0.25, -0.2) is 9.78 Å². The molecule has 3 aromatic heterocycles. The second-order valence-corrected chi connectivity index (χ2v) is 8.19. The van der Waals surface area contributed by atoms with E-state index in [1.54, 1.807) is 23.3 Å². The molecule has 1 aromatic carbocycles. The van der Waals surface area contributed by atoms with Crippen LogP contribution in [0.2, 0.25) is 0 Å². The van der Waals surface area contributed by atoms with Crippen LogP contribution in [0.25, 0.3) is 5.13 Å². The second kappa shape index (κ2) is 9.61. The first kappa shape index (κ1) is 21.5. The molecule has 0 atom stereocenters. The van der Waals surface area contributed by atoms with Crippen LogP contribution in [-0.4, -0.2) is 31.2 Å². The Morgan fingerprint density at radius 3 is 2.72 bits per heavy atom. The van der Waals surface area contributed by atoms with Crippen molar-refractivity contribution in [1.29, 1.82) is 0 Å². The molecule has 4 rings (SSSR count). The van der Waals surface area contributed by atoms with E-state index in [0.717, 1.165) is 27.6 Å². The number of nitrogens with one attached hydrogen (secondary N) is 1. The van der Waals surface area contributed by atoms with Crippen LogP contribution in [0.1, 0.15) is 32.9 Å². The SMILES string of the molecule is Cc1cc(C(=O)Cn2cc(CNC(=O)OCc3ccccc3)cn2)c(C)n1-c1nccs1. The lowest BCUT2D eigenvalue weighted by Gasteiger charge is -2.06. The molecule has 0 aliphatic heterocycles. The number of hydrogen-bond acceptors (Lipinski definition) is 6. The molecule has 0 aliphatic carbocycles. The van der Waals surface area contributed by atoms with Crippen LogP contribution in [0, 0.1) is 13.8 Å². The molecule has 1 N–H and O–H groups in total. The third kappa shape index (κ3) is 4.94. The lowest BCUT2D eigenvalue weighted by molar-refractivity contribution is 0.0967. The number of aryl methyl sites for hydroxylation is 1. The third-order valence-electron chi connectivity index (χ3n) is 4.98. The maximum absolute atomic E-state index is 12.9. The van der Waals surface area contributed by atoms with Crippen molar-refractivity contribution in [2.24, 2.45) is 0 Å². The van der Waals surface area contributed by atoms with Crippen molar-refractivity contribution in [3.05, 3.63) is 88.4 Å². The summed E-state index contributed by atoms with van der Waals surface area (Å²) in [6.07, 6.45) is 4.61. The number of ether oxygens (including phenoxy) is 1. The lowest BCUT2D eigenvalue weighted by atomic mass is 10.1. The van der Waals surface area contributed by atoms with Gasteiger partial charge in [0.25, 0.3) is 0 Å². The van der Waals surface area contributed by atoms with Crippen molar-refractivity contribution in [3.63, 3.8) is 0 Å². The zero-order chi connectivity index (χ0) is 22.5.